The molecule has 3 heterocycles. The smallest absolute Gasteiger partial charge is 0.273 e. The van der Waals surface area contributed by atoms with Gasteiger partial charge in [-0.3, -0.25) is 14.5 Å². The molecule has 0 saturated carbocycles. The van der Waals surface area contributed by atoms with Crippen LogP contribution in [-0.2, 0) is 9.63 Å². The number of amides is 1. The van der Waals surface area contributed by atoms with E-state index in [2.05, 4.69) is 31.1 Å². The normalized spacial score (nSPS) is 13.9. The number of nitrogens with zero attached hydrogens (tertiary/aromatic N) is 4. The summed E-state index contributed by atoms with van der Waals surface area (Å²) in [6.07, 6.45) is 1.01. The van der Waals surface area contributed by atoms with E-state index >= 15 is 0 Å². The number of rotatable bonds is 10. The molecule has 1 aliphatic heterocycles. The van der Waals surface area contributed by atoms with Gasteiger partial charge in [-0.25, -0.2) is 19.8 Å². The van der Waals surface area contributed by atoms with Crippen LogP contribution < -0.4 is 40.0 Å². The quantitative estimate of drug-likeness (QED) is 0.332. The van der Waals surface area contributed by atoms with Crippen LogP contribution in [-0.4, -0.2) is 61.6 Å². The van der Waals surface area contributed by atoms with Gasteiger partial charge < -0.3 is 29.6 Å². The highest BCUT2D eigenvalue weighted by Gasteiger charge is 2.42. The Morgan fingerprint density at radius 1 is 1.05 bits per heavy atom. The van der Waals surface area contributed by atoms with Gasteiger partial charge in [0.2, 0.25) is 11.7 Å². The zero-order valence-electron chi connectivity index (χ0n) is 21.7. The van der Waals surface area contributed by atoms with Crippen LogP contribution in [0.2, 0.25) is 0 Å². The average Bonchev–Trinajstić information content (AvgIpc) is 2.90. The van der Waals surface area contributed by atoms with Gasteiger partial charge in [-0.05, 0) is 26.0 Å². The standard InChI is InChI=1S/C24H28FN7O6/c1-24(2)22(33)32(12-37-26-3)21-15(38-24)7-8-18(30-21)29-20-14(25)11-27-23(31-20)28-13-9-16(34-4)19(36-6)17(10-13)35-5/h7-11,26H,12H2,1-6H3,(H2,27,28,29,30,31). The first-order chi connectivity index (χ1) is 18.2. The van der Waals surface area contributed by atoms with Gasteiger partial charge in [0.25, 0.3) is 5.91 Å². The first kappa shape index (κ1) is 26.6. The van der Waals surface area contributed by atoms with Gasteiger partial charge in [-0.1, -0.05) is 0 Å². The molecule has 0 unspecified atom stereocenters. The molecule has 0 radical (unpaired) electrons. The number of hydroxylamine groups is 1. The van der Waals surface area contributed by atoms with Gasteiger partial charge in [0, 0.05) is 24.9 Å². The summed E-state index contributed by atoms with van der Waals surface area (Å²) in [5, 5.41) is 5.82. The second-order valence-electron chi connectivity index (χ2n) is 8.40. The lowest BCUT2D eigenvalue weighted by Gasteiger charge is -2.37. The van der Waals surface area contributed by atoms with Crippen LogP contribution in [0, 0.1) is 5.82 Å². The van der Waals surface area contributed by atoms with Gasteiger partial charge in [0.15, 0.2) is 40.3 Å². The maximum atomic E-state index is 14.7. The van der Waals surface area contributed by atoms with Crippen LogP contribution in [0.1, 0.15) is 13.8 Å². The summed E-state index contributed by atoms with van der Waals surface area (Å²) in [5.41, 5.74) is 1.93. The molecule has 0 fully saturated rings. The van der Waals surface area contributed by atoms with Crippen molar-refractivity contribution in [2.45, 2.75) is 19.4 Å². The number of fused-ring (bicyclic) bond motifs is 1. The lowest BCUT2D eigenvalue weighted by atomic mass is 10.1. The zero-order valence-corrected chi connectivity index (χ0v) is 21.7. The second kappa shape index (κ2) is 10.9. The van der Waals surface area contributed by atoms with Gasteiger partial charge in [0.1, 0.15) is 12.5 Å². The molecule has 1 aliphatic rings. The fraction of sp³-hybridized carbons (Fsp3) is 0.333. The first-order valence-corrected chi connectivity index (χ1v) is 11.4. The van der Waals surface area contributed by atoms with E-state index in [0.717, 1.165) is 6.20 Å². The summed E-state index contributed by atoms with van der Waals surface area (Å²) in [7, 11) is 6.06. The third-order valence-corrected chi connectivity index (χ3v) is 5.47. The van der Waals surface area contributed by atoms with Crippen molar-refractivity contribution in [2.24, 2.45) is 0 Å². The Labute approximate surface area is 218 Å². The molecule has 38 heavy (non-hydrogen) atoms. The highest BCUT2D eigenvalue weighted by Crippen LogP contribution is 2.41. The Kier molecular flexibility index (Phi) is 7.64. The molecule has 3 aromatic rings. The molecular formula is C24H28FN7O6. The zero-order chi connectivity index (χ0) is 27.4. The highest BCUT2D eigenvalue weighted by molar-refractivity contribution is 6.01. The molecule has 0 bridgehead atoms. The van der Waals surface area contributed by atoms with Gasteiger partial charge in [-0.15, -0.1) is 0 Å². The lowest BCUT2D eigenvalue weighted by molar-refractivity contribution is -0.134. The van der Waals surface area contributed by atoms with E-state index in [1.165, 1.54) is 26.2 Å². The maximum Gasteiger partial charge on any atom is 0.273 e. The average molecular weight is 530 g/mol. The van der Waals surface area contributed by atoms with Crippen molar-refractivity contribution in [3.8, 4) is 23.0 Å². The van der Waals surface area contributed by atoms with Gasteiger partial charge in [0.05, 0.1) is 27.5 Å². The van der Waals surface area contributed by atoms with Crippen LogP contribution in [0.25, 0.3) is 0 Å². The number of ether oxygens (including phenoxy) is 4. The van der Waals surface area contributed by atoms with E-state index in [9.17, 15) is 9.18 Å². The molecule has 0 aliphatic carbocycles. The highest BCUT2D eigenvalue weighted by atomic mass is 19.1. The molecule has 0 atom stereocenters. The summed E-state index contributed by atoms with van der Waals surface area (Å²) < 4.78 is 36.5. The minimum atomic E-state index is -1.12. The summed E-state index contributed by atoms with van der Waals surface area (Å²) in [6, 6.07) is 6.52. The maximum absolute atomic E-state index is 14.7. The number of carbonyl (C=O) groups excluding carboxylic acids is 1. The van der Waals surface area contributed by atoms with E-state index in [0.29, 0.717) is 28.7 Å². The first-order valence-electron chi connectivity index (χ1n) is 11.4. The molecule has 14 heteroatoms. The molecule has 4 rings (SSSR count). The Balaban J connectivity index is 1.62. The predicted octanol–water partition coefficient (Wildman–Crippen LogP) is 3.14. The number of hydrogen-bond donors (Lipinski definition) is 3. The third kappa shape index (κ3) is 5.31. The van der Waals surface area contributed by atoms with E-state index < -0.39 is 11.4 Å². The van der Waals surface area contributed by atoms with Crippen LogP contribution in [0.3, 0.4) is 0 Å². The summed E-state index contributed by atoms with van der Waals surface area (Å²) in [6.45, 7) is 3.18. The van der Waals surface area contributed by atoms with Crippen molar-refractivity contribution in [3.63, 3.8) is 0 Å². The number of hydrogen-bond acceptors (Lipinski definition) is 12. The third-order valence-electron chi connectivity index (χ3n) is 5.47. The molecule has 2 aromatic heterocycles. The topological polar surface area (TPSA) is 141 Å². The monoisotopic (exact) mass is 529 g/mol. The van der Waals surface area contributed by atoms with E-state index in [4.69, 9.17) is 23.8 Å². The van der Waals surface area contributed by atoms with Crippen molar-refractivity contribution in [1.29, 1.82) is 0 Å². The lowest BCUT2D eigenvalue weighted by Crippen LogP contribution is -2.53. The summed E-state index contributed by atoms with van der Waals surface area (Å²) in [4.78, 5) is 32.1. The van der Waals surface area contributed by atoms with Crippen molar-refractivity contribution < 1.29 is 33.0 Å². The number of methoxy groups -OCH3 is 3. The predicted molar refractivity (Wildman–Crippen MR) is 136 cm³/mol. The SMILES string of the molecule is CNOCN1C(=O)C(C)(C)Oc2ccc(Nc3nc(Nc4cc(OC)c(OC)c(OC)c4)ncc3F)nc21. The van der Waals surface area contributed by atoms with Gasteiger partial charge >= 0.3 is 0 Å². The summed E-state index contributed by atoms with van der Waals surface area (Å²) in [5.74, 6) is 0.910. The minimum absolute atomic E-state index is 0.0884. The van der Waals surface area contributed by atoms with E-state index in [1.807, 2.05) is 0 Å². The molecular weight excluding hydrogens is 501 g/mol. The number of nitrogens with one attached hydrogen (secondary N) is 3. The van der Waals surface area contributed by atoms with Crippen molar-refractivity contribution in [3.05, 3.63) is 36.3 Å². The Hall–Kier alpha value is -4.43. The Morgan fingerprint density at radius 3 is 2.39 bits per heavy atom. The number of anilines is 5. The van der Waals surface area contributed by atoms with Crippen molar-refractivity contribution >= 4 is 35.0 Å². The largest absolute Gasteiger partial charge is 0.493 e. The molecule has 0 spiro atoms. The molecule has 1 amide bonds. The number of carbonyl (C=O) groups is 1. The second-order valence-corrected chi connectivity index (χ2v) is 8.40. The number of pyridine rings is 1. The molecule has 202 valence electrons. The van der Waals surface area contributed by atoms with E-state index in [1.54, 1.807) is 45.2 Å². The van der Waals surface area contributed by atoms with Crippen LogP contribution in [0.15, 0.2) is 30.5 Å². The fourth-order valence-corrected chi connectivity index (χ4v) is 3.69. The Morgan fingerprint density at radius 2 is 1.76 bits per heavy atom. The van der Waals surface area contributed by atoms with E-state index in [-0.39, 0.29) is 36.0 Å². The molecule has 0 saturated heterocycles. The number of aromatic nitrogens is 3. The molecule has 13 nitrogen and oxygen atoms in total. The van der Waals surface area contributed by atoms with Gasteiger partial charge in [-0.2, -0.15) is 4.98 Å². The van der Waals surface area contributed by atoms with Crippen LogP contribution in [0.4, 0.5) is 33.5 Å². The van der Waals surface area contributed by atoms with Crippen LogP contribution in [0.5, 0.6) is 23.0 Å². The fourth-order valence-electron chi connectivity index (χ4n) is 3.69. The van der Waals surface area contributed by atoms with Crippen molar-refractivity contribution in [1.82, 2.24) is 20.4 Å². The minimum Gasteiger partial charge on any atom is -0.493 e. The van der Waals surface area contributed by atoms with Crippen molar-refractivity contribution in [2.75, 3.05) is 50.6 Å². The van der Waals surface area contributed by atoms with Crippen LogP contribution >= 0.6 is 0 Å². The number of halogens is 1. The molecule has 1 aromatic carbocycles. The molecule has 3 N–H and O–H groups in total. The summed E-state index contributed by atoms with van der Waals surface area (Å²) >= 11 is 0. The Bertz CT molecular complexity index is 1310. The number of benzene rings is 1.